The molecule has 0 aliphatic rings. The SMILES string of the molecule is CCCCOCCCNC(=O)CCC(=O)c1ccc(C)cc1. The van der Waals surface area contributed by atoms with Crippen LogP contribution in [0.15, 0.2) is 24.3 Å². The van der Waals surface area contributed by atoms with Crippen molar-refractivity contribution < 1.29 is 14.3 Å². The van der Waals surface area contributed by atoms with Crippen molar-refractivity contribution >= 4 is 11.7 Å². The Bertz CT molecular complexity index is 454. The smallest absolute Gasteiger partial charge is 0.220 e. The average molecular weight is 305 g/mol. The first-order valence-corrected chi connectivity index (χ1v) is 8.07. The third kappa shape index (κ3) is 7.93. The Morgan fingerprint density at radius 1 is 1.05 bits per heavy atom. The summed E-state index contributed by atoms with van der Waals surface area (Å²) in [5, 5.41) is 2.82. The molecule has 0 aromatic heterocycles. The molecule has 22 heavy (non-hydrogen) atoms. The molecule has 122 valence electrons. The van der Waals surface area contributed by atoms with E-state index in [1.54, 1.807) is 0 Å². The highest BCUT2D eigenvalue weighted by atomic mass is 16.5. The monoisotopic (exact) mass is 305 g/mol. The molecule has 1 aromatic rings. The second-order valence-corrected chi connectivity index (χ2v) is 5.46. The molecular weight excluding hydrogens is 278 g/mol. The number of Topliss-reactive ketones (excluding diaryl/α,β-unsaturated/α-hetero) is 1. The predicted molar refractivity (Wildman–Crippen MR) is 88.1 cm³/mol. The van der Waals surface area contributed by atoms with E-state index in [0.717, 1.165) is 31.4 Å². The summed E-state index contributed by atoms with van der Waals surface area (Å²) in [5.41, 5.74) is 1.79. The molecule has 0 aliphatic carbocycles. The van der Waals surface area contributed by atoms with Crippen LogP contribution in [0.5, 0.6) is 0 Å². The molecule has 1 aromatic carbocycles. The topological polar surface area (TPSA) is 55.4 Å². The van der Waals surface area contributed by atoms with E-state index in [4.69, 9.17) is 4.74 Å². The first kappa shape index (κ1) is 18.4. The van der Waals surface area contributed by atoms with Crippen LogP contribution in [-0.4, -0.2) is 31.4 Å². The standard InChI is InChI=1S/C18H27NO3/c1-3-4-13-22-14-5-12-19-18(21)11-10-17(20)16-8-6-15(2)7-9-16/h6-9H,3-5,10-14H2,1-2H3,(H,19,21). The second kappa shape index (κ2) is 11.0. The fourth-order valence-electron chi connectivity index (χ4n) is 1.95. The zero-order valence-corrected chi connectivity index (χ0v) is 13.7. The molecule has 0 aliphatic heterocycles. The van der Waals surface area contributed by atoms with Gasteiger partial charge in [0.2, 0.25) is 5.91 Å². The molecule has 0 fully saturated rings. The van der Waals surface area contributed by atoms with E-state index in [1.165, 1.54) is 0 Å². The molecule has 1 N–H and O–H groups in total. The second-order valence-electron chi connectivity index (χ2n) is 5.46. The predicted octanol–water partition coefficient (Wildman–Crippen LogP) is 3.28. The maximum absolute atomic E-state index is 11.9. The number of rotatable bonds is 11. The number of aryl methyl sites for hydroxylation is 1. The van der Waals surface area contributed by atoms with E-state index >= 15 is 0 Å². The number of benzene rings is 1. The van der Waals surface area contributed by atoms with Gasteiger partial charge in [0.25, 0.3) is 0 Å². The lowest BCUT2D eigenvalue weighted by atomic mass is 10.1. The van der Waals surface area contributed by atoms with E-state index in [1.807, 2.05) is 31.2 Å². The van der Waals surface area contributed by atoms with E-state index < -0.39 is 0 Å². The van der Waals surface area contributed by atoms with Crippen LogP contribution in [0, 0.1) is 6.92 Å². The van der Waals surface area contributed by atoms with E-state index in [2.05, 4.69) is 12.2 Å². The Labute approximate surface area is 133 Å². The number of nitrogens with one attached hydrogen (secondary N) is 1. The van der Waals surface area contributed by atoms with Crippen LogP contribution in [0.2, 0.25) is 0 Å². The number of ether oxygens (including phenoxy) is 1. The van der Waals surface area contributed by atoms with Crippen molar-refractivity contribution in [2.75, 3.05) is 19.8 Å². The Balaban J connectivity index is 2.10. The van der Waals surface area contributed by atoms with Gasteiger partial charge in [0.05, 0.1) is 0 Å². The van der Waals surface area contributed by atoms with Gasteiger partial charge in [0.15, 0.2) is 5.78 Å². The summed E-state index contributed by atoms with van der Waals surface area (Å²) in [6.45, 7) is 6.16. The Morgan fingerprint density at radius 3 is 2.41 bits per heavy atom. The maximum atomic E-state index is 11.9. The molecule has 4 heteroatoms. The number of ketones is 1. The molecule has 4 nitrogen and oxygen atoms in total. The highest BCUT2D eigenvalue weighted by molar-refractivity contribution is 5.97. The van der Waals surface area contributed by atoms with Gasteiger partial charge in [-0.25, -0.2) is 0 Å². The summed E-state index contributed by atoms with van der Waals surface area (Å²) >= 11 is 0. The number of hydrogen-bond acceptors (Lipinski definition) is 3. The largest absolute Gasteiger partial charge is 0.381 e. The molecule has 0 heterocycles. The third-order valence-corrected chi connectivity index (χ3v) is 3.38. The average Bonchev–Trinajstić information content (AvgIpc) is 2.52. The lowest BCUT2D eigenvalue weighted by Gasteiger charge is -2.06. The van der Waals surface area contributed by atoms with Gasteiger partial charge in [-0.2, -0.15) is 0 Å². The quantitative estimate of drug-likeness (QED) is 0.504. The zero-order chi connectivity index (χ0) is 16.2. The number of amides is 1. The summed E-state index contributed by atoms with van der Waals surface area (Å²) in [7, 11) is 0. The van der Waals surface area contributed by atoms with Crippen molar-refractivity contribution in [2.45, 2.75) is 46.0 Å². The van der Waals surface area contributed by atoms with E-state index in [-0.39, 0.29) is 24.5 Å². The van der Waals surface area contributed by atoms with Crippen molar-refractivity contribution in [3.8, 4) is 0 Å². The van der Waals surface area contributed by atoms with Gasteiger partial charge < -0.3 is 10.1 Å². The lowest BCUT2D eigenvalue weighted by Crippen LogP contribution is -2.25. The van der Waals surface area contributed by atoms with E-state index in [0.29, 0.717) is 18.7 Å². The van der Waals surface area contributed by atoms with Crippen molar-refractivity contribution in [1.29, 1.82) is 0 Å². The van der Waals surface area contributed by atoms with Crippen LogP contribution in [-0.2, 0) is 9.53 Å². The van der Waals surface area contributed by atoms with Crippen molar-refractivity contribution in [3.05, 3.63) is 35.4 Å². The van der Waals surface area contributed by atoms with Crippen LogP contribution in [0.25, 0.3) is 0 Å². The fourth-order valence-corrected chi connectivity index (χ4v) is 1.95. The highest BCUT2D eigenvalue weighted by Gasteiger charge is 2.08. The van der Waals surface area contributed by atoms with Gasteiger partial charge in [0, 0.05) is 38.2 Å². The Morgan fingerprint density at radius 2 is 1.73 bits per heavy atom. The van der Waals surface area contributed by atoms with Gasteiger partial charge in [-0.3, -0.25) is 9.59 Å². The molecule has 0 spiro atoms. The Kier molecular flexibility index (Phi) is 9.15. The number of hydrogen-bond donors (Lipinski definition) is 1. The normalized spacial score (nSPS) is 10.5. The minimum Gasteiger partial charge on any atom is -0.381 e. The van der Waals surface area contributed by atoms with Crippen LogP contribution in [0.4, 0.5) is 0 Å². The Hall–Kier alpha value is -1.68. The number of carbonyl (C=O) groups is 2. The molecule has 0 saturated heterocycles. The summed E-state index contributed by atoms with van der Waals surface area (Å²) in [6.07, 6.45) is 3.51. The van der Waals surface area contributed by atoms with E-state index in [9.17, 15) is 9.59 Å². The van der Waals surface area contributed by atoms with Crippen LogP contribution < -0.4 is 5.32 Å². The molecule has 0 unspecified atom stereocenters. The zero-order valence-electron chi connectivity index (χ0n) is 13.7. The van der Waals surface area contributed by atoms with Gasteiger partial charge in [-0.1, -0.05) is 43.2 Å². The molecular formula is C18H27NO3. The minimum absolute atomic E-state index is 0.0121. The van der Waals surface area contributed by atoms with Gasteiger partial charge in [-0.05, 0) is 19.8 Å². The number of unbranched alkanes of at least 4 members (excludes halogenated alkanes) is 1. The molecule has 1 amide bonds. The summed E-state index contributed by atoms with van der Waals surface area (Å²) in [6, 6.07) is 7.43. The lowest BCUT2D eigenvalue weighted by molar-refractivity contribution is -0.121. The van der Waals surface area contributed by atoms with Crippen molar-refractivity contribution in [2.24, 2.45) is 0 Å². The molecule has 0 bridgehead atoms. The van der Waals surface area contributed by atoms with Gasteiger partial charge in [-0.15, -0.1) is 0 Å². The first-order chi connectivity index (χ1) is 10.6. The highest BCUT2D eigenvalue weighted by Crippen LogP contribution is 2.07. The van der Waals surface area contributed by atoms with Gasteiger partial charge >= 0.3 is 0 Å². The third-order valence-electron chi connectivity index (χ3n) is 3.38. The molecule has 0 atom stereocenters. The fraction of sp³-hybridized carbons (Fsp3) is 0.556. The van der Waals surface area contributed by atoms with Crippen molar-refractivity contribution in [3.63, 3.8) is 0 Å². The minimum atomic E-state index is -0.0750. The van der Waals surface area contributed by atoms with Crippen LogP contribution in [0.1, 0.15) is 54.9 Å². The van der Waals surface area contributed by atoms with Crippen LogP contribution in [0.3, 0.4) is 0 Å². The first-order valence-electron chi connectivity index (χ1n) is 8.07. The summed E-state index contributed by atoms with van der Waals surface area (Å²) < 4.78 is 5.42. The van der Waals surface area contributed by atoms with Crippen molar-refractivity contribution in [1.82, 2.24) is 5.32 Å². The number of carbonyl (C=O) groups excluding carboxylic acids is 2. The van der Waals surface area contributed by atoms with Gasteiger partial charge in [0.1, 0.15) is 0 Å². The maximum Gasteiger partial charge on any atom is 0.220 e. The summed E-state index contributed by atoms with van der Waals surface area (Å²) in [4.78, 5) is 23.6. The summed E-state index contributed by atoms with van der Waals surface area (Å²) in [5.74, 6) is -0.0629. The van der Waals surface area contributed by atoms with Crippen LogP contribution >= 0.6 is 0 Å². The molecule has 0 radical (unpaired) electrons. The molecule has 1 rings (SSSR count). The molecule has 0 saturated carbocycles.